The lowest BCUT2D eigenvalue weighted by molar-refractivity contribution is 0.0966. The topological polar surface area (TPSA) is 30.2 Å². The summed E-state index contributed by atoms with van der Waals surface area (Å²) in [5, 5.41) is 0. The Morgan fingerprint density at radius 2 is 2.00 bits per heavy atom. The highest BCUT2D eigenvalue weighted by atomic mass is 19.2. The van der Waals surface area contributed by atoms with Crippen LogP contribution in [0.3, 0.4) is 0 Å². The van der Waals surface area contributed by atoms with Gasteiger partial charge in [0.25, 0.3) is 0 Å². The lowest BCUT2D eigenvalue weighted by atomic mass is 10.1. The highest BCUT2D eigenvalue weighted by Gasteiger charge is 2.11. The van der Waals surface area contributed by atoms with E-state index in [-0.39, 0.29) is 18.0 Å². The van der Waals surface area contributed by atoms with Gasteiger partial charge in [-0.15, -0.1) is 0 Å². The van der Waals surface area contributed by atoms with Crippen LogP contribution in [0, 0.1) is 11.6 Å². The van der Waals surface area contributed by atoms with E-state index in [2.05, 4.69) is 0 Å². The average molecular weight is 222 g/mol. The molecule has 0 radical (unpaired) electrons. The molecule has 0 amide bonds. The van der Waals surface area contributed by atoms with Crippen molar-refractivity contribution >= 4 is 5.78 Å². The Hall–Kier alpha value is -1.97. The smallest absolute Gasteiger partial charge is 0.202 e. The first-order valence-electron chi connectivity index (χ1n) is 4.67. The van der Waals surface area contributed by atoms with Crippen LogP contribution in [0.4, 0.5) is 8.78 Å². The van der Waals surface area contributed by atoms with Crippen molar-refractivity contribution in [3.05, 3.63) is 59.6 Å². The second-order valence-corrected chi connectivity index (χ2v) is 3.33. The number of Topliss-reactive ketones (excluding diaryl/α,β-unsaturated/α-hetero) is 1. The largest absolute Gasteiger partial charge is 0.461 e. The monoisotopic (exact) mass is 222 g/mol. The number of ketones is 1. The lowest BCUT2D eigenvalue weighted by Gasteiger charge is -1.99. The van der Waals surface area contributed by atoms with E-state index >= 15 is 0 Å². The first kappa shape index (κ1) is 10.5. The molecular weight excluding hydrogens is 214 g/mol. The third-order valence-corrected chi connectivity index (χ3v) is 2.14. The first-order chi connectivity index (χ1) is 7.66. The van der Waals surface area contributed by atoms with Gasteiger partial charge in [0.05, 0.1) is 6.26 Å². The van der Waals surface area contributed by atoms with Crippen LogP contribution in [0.5, 0.6) is 0 Å². The highest BCUT2D eigenvalue weighted by molar-refractivity contribution is 5.94. The van der Waals surface area contributed by atoms with Gasteiger partial charge in [-0.3, -0.25) is 4.79 Å². The maximum absolute atomic E-state index is 12.9. The van der Waals surface area contributed by atoms with Crippen LogP contribution in [-0.2, 0) is 6.42 Å². The van der Waals surface area contributed by atoms with Gasteiger partial charge in [0, 0.05) is 6.42 Å². The van der Waals surface area contributed by atoms with Crippen LogP contribution in [0.1, 0.15) is 16.1 Å². The second kappa shape index (κ2) is 4.26. The SMILES string of the molecule is O=C(Cc1ccc(F)c(F)c1)c1ccco1. The minimum Gasteiger partial charge on any atom is -0.461 e. The van der Waals surface area contributed by atoms with Crippen molar-refractivity contribution in [2.75, 3.05) is 0 Å². The van der Waals surface area contributed by atoms with Gasteiger partial charge in [0.1, 0.15) is 0 Å². The number of carbonyl (C=O) groups is 1. The predicted octanol–water partition coefficient (Wildman–Crippen LogP) is 2.98. The van der Waals surface area contributed by atoms with Gasteiger partial charge in [-0.1, -0.05) is 6.07 Å². The summed E-state index contributed by atoms with van der Waals surface area (Å²) < 4.78 is 30.4. The van der Waals surface area contributed by atoms with Gasteiger partial charge in [0.15, 0.2) is 17.4 Å². The molecule has 0 saturated heterocycles. The zero-order valence-corrected chi connectivity index (χ0v) is 8.24. The van der Waals surface area contributed by atoms with E-state index in [9.17, 15) is 13.6 Å². The Bertz CT molecular complexity index is 504. The Morgan fingerprint density at radius 1 is 1.19 bits per heavy atom. The second-order valence-electron chi connectivity index (χ2n) is 3.33. The van der Waals surface area contributed by atoms with Gasteiger partial charge in [-0.05, 0) is 29.8 Å². The predicted molar refractivity (Wildman–Crippen MR) is 53.1 cm³/mol. The standard InChI is InChI=1S/C12H8F2O2/c13-9-4-3-8(6-10(9)14)7-11(15)12-2-1-5-16-12/h1-6H,7H2. The maximum Gasteiger partial charge on any atom is 0.202 e. The highest BCUT2D eigenvalue weighted by Crippen LogP contribution is 2.12. The minimum absolute atomic E-state index is 0.00921. The molecule has 0 bridgehead atoms. The lowest BCUT2D eigenvalue weighted by Crippen LogP contribution is -2.02. The summed E-state index contributed by atoms with van der Waals surface area (Å²) in [5.41, 5.74) is 0.417. The van der Waals surface area contributed by atoms with Gasteiger partial charge >= 0.3 is 0 Å². The van der Waals surface area contributed by atoms with Crippen molar-refractivity contribution in [3.8, 4) is 0 Å². The molecule has 0 fully saturated rings. The van der Waals surface area contributed by atoms with E-state index in [1.54, 1.807) is 6.07 Å². The van der Waals surface area contributed by atoms with E-state index in [1.165, 1.54) is 18.4 Å². The molecule has 0 N–H and O–H groups in total. The molecule has 1 aromatic heterocycles. The Kier molecular flexibility index (Phi) is 2.81. The van der Waals surface area contributed by atoms with Crippen LogP contribution >= 0.6 is 0 Å². The Labute approximate surface area is 90.5 Å². The van der Waals surface area contributed by atoms with Gasteiger partial charge < -0.3 is 4.42 Å². The molecule has 2 nitrogen and oxygen atoms in total. The molecule has 0 unspecified atom stereocenters. The fourth-order valence-electron chi connectivity index (χ4n) is 1.36. The third-order valence-electron chi connectivity index (χ3n) is 2.14. The van der Waals surface area contributed by atoms with Crippen molar-refractivity contribution in [2.24, 2.45) is 0 Å². The molecular formula is C12H8F2O2. The molecule has 1 heterocycles. The van der Waals surface area contributed by atoms with Crippen LogP contribution in [-0.4, -0.2) is 5.78 Å². The number of halogens is 2. The van der Waals surface area contributed by atoms with Crippen LogP contribution in [0.2, 0.25) is 0 Å². The molecule has 0 spiro atoms. The number of hydrogen-bond acceptors (Lipinski definition) is 2. The molecule has 0 atom stereocenters. The van der Waals surface area contributed by atoms with E-state index in [1.807, 2.05) is 0 Å². The van der Waals surface area contributed by atoms with E-state index in [0.717, 1.165) is 12.1 Å². The number of carbonyl (C=O) groups excluding carboxylic acids is 1. The number of rotatable bonds is 3. The maximum atomic E-state index is 12.9. The van der Waals surface area contributed by atoms with Crippen molar-refractivity contribution in [1.82, 2.24) is 0 Å². The summed E-state index contributed by atoms with van der Waals surface area (Å²) in [7, 11) is 0. The normalized spacial score (nSPS) is 10.4. The number of hydrogen-bond donors (Lipinski definition) is 0. The molecule has 16 heavy (non-hydrogen) atoms. The van der Waals surface area contributed by atoms with E-state index in [4.69, 9.17) is 4.42 Å². The van der Waals surface area contributed by atoms with Crippen LogP contribution < -0.4 is 0 Å². The summed E-state index contributed by atoms with van der Waals surface area (Å²) in [6, 6.07) is 6.51. The summed E-state index contributed by atoms with van der Waals surface area (Å²) in [6.45, 7) is 0. The average Bonchev–Trinajstić information content (AvgIpc) is 2.77. The molecule has 82 valence electrons. The van der Waals surface area contributed by atoms with E-state index < -0.39 is 11.6 Å². The number of furan rings is 1. The Morgan fingerprint density at radius 3 is 2.62 bits per heavy atom. The van der Waals surface area contributed by atoms with Crippen molar-refractivity contribution in [3.63, 3.8) is 0 Å². The van der Waals surface area contributed by atoms with Gasteiger partial charge in [-0.25, -0.2) is 8.78 Å². The van der Waals surface area contributed by atoms with Crippen LogP contribution in [0.15, 0.2) is 41.0 Å². The molecule has 0 aliphatic carbocycles. The summed E-state index contributed by atoms with van der Waals surface area (Å²) in [5.74, 6) is -1.93. The molecule has 0 saturated carbocycles. The molecule has 0 aliphatic rings. The quantitative estimate of drug-likeness (QED) is 0.747. The van der Waals surface area contributed by atoms with Gasteiger partial charge in [-0.2, -0.15) is 0 Å². The number of benzene rings is 1. The van der Waals surface area contributed by atoms with Crippen molar-refractivity contribution < 1.29 is 18.0 Å². The zero-order valence-electron chi connectivity index (χ0n) is 8.24. The molecule has 2 aromatic rings. The fourth-order valence-corrected chi connectivity index (χ4v) is 1.36. The molecule has 2 rings (SSSR count). The molecule has 1 aromatic carbocycles. The molecule has 0 aliphatic heterocycles. The first-order valence-corrected chi connectivity index (χ1v) is 4.67. The summed E-state index contributed by atoms with van der Waals surface area (Å²) >= 11 is 0. The van der Waals surface area contributed by atoms with Crippen LogP contribution in [0.25, 0.3) is 0 Å². The van der Waals surface area contributed by atoms with Crippen molar-refractivity contribution in [1.29, 1.82) is 0 Å². The fraction of sp³-hybridized carbons (Fsp3) is 0.0833. The Balaban J connectivity index is 2.15. The van der Waals surface area contributed by atoms with Gasteiger partial charge in [0.2, 0.25) is 5.78 Å². The van der Waals surface area contributed by atoms with Crippen molar-refractivity contribution in [2.45, 2.75) is 6.42 Å². The zero-order chi connectivity index (χ0) is 11.5. The summed E-state index contributed by atoms with van der Waals surface area (Å²) in [6.07, 6.45) is 1.38. The van der Waals surface area contributed by atoms with E-state index in [0.29, 0.717) is 5.56 Å². The summed E-state index contributed by atoms with van der Waals surface area (Å²) in [4.78, 5) is 11.6. The minimum atomic E-state index is -0.954. The molecule has 4 heteroatoms. The third kappa shape index (κ3) is 2.16.